The molecule has 112 valence electrons. The van der Waals surface area contributed by atoms with E-state index in [2.05, 4.69) is 10.1 Å². The van der Waals surface area contributed by atoms with Crippen LogP contribution < -0.4 is 9.47 Å². The molecule has 0 unspecified atom stereocenters. The topological polar surface area (TPSA) is 82.0 Å². The second kappa shape index (κ2) is 4.63. The van der Waals surface area contributed by atoms with Gasteiger partial charge in [0.2, 0.25) is 4.96 Å². The SMILES string of the molecule is COc1cc(O)c2cc(-c3cnc4sc(OC)nn34)oc2c1. The van der Waals surface area contributed by atoms with Gasteiger partial charge in [0.25, 0.3) is 5.19 Å². The fourth-order valence-electron chi connectivity index (χ4n) is 2.27. The molecule has 3 aromatic heterocycles. The maximum absolute atomic E-state index is 10.1. The van der Waals surface area contributed by atoms with Gasteiger partial charge in [0.1, 0.15) is 22.8 Å². The van der Waals surface area contributed by atoms with Gasteiger partial charge in [-0.2, -0.15) is 4.52 Å². The quantitative estimate of drug-likeness (QED) is 0.625. The van der Waals surface area contributed by atoms with Gasteiger partial charge in [0.15, 0.2) is 5.76 Å². The van der Waals surface area contributed by atoms with E-state index in [9.17, 15) is 5.11 Å². The van der Waals surface area contributed by atoms with Gasteiger partial charge in [-0.1, -0.05) is 0 Å². The molecule has 3 heterocycles. The lowest BCUT2D eigenvalue weighted by Crippen LogP contribution is -1.88. The first-order valence-corrected chi connectivity index (χ1v) is 7.20. The highest BCUT2D eigenvalue weighted by molar-refractivity contribution is 7.18. The molecule has 0 aliphatic heterocycles. The predicted octanol–water partition coefficient (Wildman–Crippen LogP) is 2.93. The third-order valence-electron chi connectivity index (χ3n) is 3.32. The van der Waals surface area contributed by atoms with Crippen LogP contribution in [0.3, 0.4) is 0 Å². The molecule has 0 bridgehead atoms. The predicted molar refractivity (Wildman–Crippen MR) is 80.8 cm³/mol. The Labute approximate surface area is 128 Å². The number of imidazole rings is 1. The normalized spacial score (nSPS) is 11.4. The van der Waals surface area contributed by atoms with Crippen molar-refractivity contribution in [3.63, 3.8) is 0 Å². The van der Waals surface area contributed by atoms with Crippen LogP contribution in [0.4, 0.5) is 0 Å². The largest absolute Gasteiger partial charge is 0.507 e. The maximum Gasteiger partial charge on any atom is 0.294 e. The minimum atomic E-state index is 0.0981. The highest BCUT2D eigenvalue weighted by Gasteiger charge is 2.17. The molecule has 1 aromatic carbocycles. The van der Waals surface area contributed by atoms with E-state index >= 15 is 0 Å². The van der Waals surface area contributed by atoms with Crippen LogP contribution in [-0.4, -0.2) is 33.9 Å². The molecule has 0 atom stereocenters. The fourth-order valence-corrected chi connectivity index (χ4v) is 2.96. The average molecular weight is 317 g/mol. The Bertz CT molecular complexity index is 985. The maximum atomic E-state index is 10.1. The number of phenols is 1. The molecule has 1 N–H and O–H groups in total. The fraction of sp³-hybridized carbons (Fsp3) is 0.143. The summed E-state index contributed by atoms with van der Waals surface area (Å²) in [4.78, 5) is 4.98. The molecule has 0 aliphatic carbocycles. The number of hydrogen-bond acceptors (Lipinski definition) is 7. The van der Waals surface area contributed by atoms with Crippen LogP contribution in [0.2, 0.25) is 0 Å². The smallest absolute Gasteiger partial charge is 0.294 e. The van der Waals surface area contributed by atoms with Gasteiger partial charge in [-0.25, -0.2) is 4.98 Å². The number of ether oxygens (including phenoxy) is 2. The van der Waals surface area contributed by atoms with Crippen molar-refractivity contribution in [2.24, 2.45) is 0 Å². The van der Waals surface area contributed by atoms with E-state index < -0.39 is 0 Å². The Hall–Kier alpha value is -2.74. The van der Waals surface area contributed by atoms with E-state index in [1.807, 2.05) is 0 Å². The van der Waals surface area contributed by atoms with Gasteiger partial charge >= 0.3 is 0 Å². The Balaban J connectivity index is 1.92. The first-order chi connectivity index (χ1) is 10.7. The summed E-state index contributed by atoms with van der Waals surface area (Å²) in [6.07, 6.45) is 1.67. The van der Waals surface area contributed by atoms with Crippen molar-refractivity contribution in [1.82, 2.24) is 14.6 Å². The van der Waals surface area contributed by atoms with Gasteiger partial charge < -0.3 is 19.0 Å². The van der Waals surface area contributed by atoms with Gasteiger partial charge in [-0.15, -0.1) is 5.10 Å². The summed E-state index contributed by atoms with van der Waals surface area (Å²) in [7, 11) is 3.09. The second-order valence-corrected chi connectivity index (χ2v) is 5.50. The monoisotopic (exact) mass is 317 g/mol. The van der Waals surface area contributed by atoms with Crippen molar-refractivity contribution >= 4 is 27.3 Å². The van der Waals surface area contributed by atoms with Crippen LogP contribution in [0.1, 0.15) is 0 Å². The molecule has 0 fully saturated rings. The zero-order valence-electron chi connectivity index (χ0n) is 11.7. The molecular weight excluding hydrogens is 306 g/mol. The van der Waals surface area contributed by atoms with Crippen molar-refractivity contribution in [3.05, 3.63) is 24.4 Å². The van der Waals surface area contributed by atoms with E-state index in [1.165, 1.54) is 18.4 Å². The van der Waals surface area contributed by atoms with E-state index in [0.717, 1.165) is 0 Å². The molecule has 0 aliphatic rings. The van der Waals surface area contributed by atoms with Crippen LogP contribution in [-0.2, 0) is 0 Å². The summed E-state index contributed by atoms with van der Waals surface area (Å²) in [5, 5.41) is 15.5. The number of phenolic OH excluding ortho intramolecular Hbond substituents is 1. The van der Waals surface area contributed by atoms with E-state index in [4.69, 9.17) is 13.9 Å². The Morgan fingerprint density at radius 2 is 2.09 bits per heavy atom. The number of nitrogens with zero attached hydrogens (tertiary/aromatic N) is 3. The molecule has 0 saturated carbocycles. The molecule has 7 nitrogen and oxygen atoms in total. The lowest BCUT2D eigenvalue weighted by atomic mass is 10.2. The minimum absolute atomic E-state index is 0.0981. The third-order valence-corrected chi connectivity index (χ3v) is 4.20. The van der Waals surface area contributed by atoms with Gasteiger partial charge in [0, 0.05) is 12.1 Å². The zero-order valence-corrected chi connectivity index (χ0v) is 12.5. The van der Waals surface area contributed by atoms with Crippen molar-refractivity contribution in [2.75, 3.05) is 14.2 Å². The number of rotatable bonds is 3. The van der Waals surface area contributed by atoms with Crippen LogP contribution in [0, 0.1) is 0 Å². The Kier molecular flexibility index (Phi) is 2.73. The van der Waals surface area contributed by atoms with E-state index in [0.29, 0.717) is 38.3 Å². The van der Waals surface area contributed by atoms with Gasteiger partial charge in [-0.3, -0.25) is 0 Å². The molecule has 8 heteroatoms. The molecule has 0 radical (unpaired) electrons. The van der Waals surface area contributed by atoms with Crippen LogP contribution >= 0.6 is 11.3 Å². The van der Waals surface area contributed by atoms with Crippen LogP contribution in [0.25, 0.3) is 27.4 Å². The Morgan fingerprint density at radius 3 is 2.86 bits per heavy atom. The Morgan fingerprint density at radius 1 is 1.23 bits per heavy atom. The van der Waals surface area contributed by atoms with Crippen molar-refractivity contribution < 1.29 is 19.0 Å². The first-order valence-electron chi connectivity index (χ1n) is 6.39. The molecule has 0 spiro atoms. The number of methoxy groups -OCH3 is 2. The van der Waals surface area contributed by atoms with E-state index in [1.54, 1.807) is 36.0 Å². The highest BCUT2D eigenvalue weighted by atomic mass is 32.1. The number of furan rings is 1. The van der Waals surface area contributed by atoms with E-state index in [-0.39, 0.29) is 5.75 Å². The molecule has 0 saturated heterocycles. The van der Waals surface area contributed by atoms with Gasteiger partial charge in [0.05, 0.1) is 25.8 Å². The standard InChI is InChI=1S/C14H11N3O4S/c1-19-7-3-10(18)8-5-12(21-11(8)4-7)9-6-15-13-17(9)16-14(20-2)22-13/h3-6,18H,1-2H3. The summed E-state index contributed by atoms with van der Waals surface area (Å²) in [6, 6.07) is 5.01. The summed E-state index contributed by atoms with van der Waals surface area (Å²) < 4.78 is 17.7. The number of hydrogen-bond donors (Lipinski definition) is 1. The van der Waals surface area contributed by atoms with Crippen molar-refractivity contribution in [1.29, 1.82) is 0 Å². The van der Waals surface area contributed by atoms with Crippen molar-refractivity contribution in [2.45, 2.75) is 0 Å². The zero-order chi connectivity index (χ0) is 15.3. The number of fused-ring (bicyclic) bond motifs is 2. The number of aromatic nitrogens is 3. The molecule has 4 rings (SSSR count). The lowest BCUT2D eigenvalue weighted by Gasteiger charge is -1.99. The summed E-state index contributed by atoms with van der Waals surface area (Å²) >= 11 is 1.34. The summed E-state index contributed by atoms with van der Waals surface area (Å²) in [5.74, 6) is 1.18. The molecule has 22 heavy (non-hydrogen) atoms. The summed E-state index contributed by atoms with van der Waals surface area (Å²) in [6.45, 7) is 0. The lowest BCUT2D eigenvalue weighted by molar-refractivity contribution is 0.405. The average Bonchev–Trinajstić information content (AvgIpc) is 3.19. The number of benzene rings is 1. The third kappa shape index (κ3) is 1.81. The van der Waals surface area contributed by atoms with Crippen LogP contribution in [0.5, 0.6) is 16.7 Å². The van der Waals surface area contributed by atoms with Crippen molar-refractivity contribution in [3.8, 4) is 28.1 Å². The highest BCUT2D eigenvalue weighted by Crippen LogP contribution is 2.36. The molecule has 4 aromatic rings. The summed E-state index contributed by atoms with van der Waals surface area (Å²) in [5.41, 5.74) is 1.22. The van der Waals surface area contributed by atoms with Gasteiger partial charge in [-0.05, 0) is 17.4 Å². The first kappa shape index (κ1) is 13.0. The minimum Gasteiger partial charge on any atom is -0.507 e. The molecular formula is C14H11N3O4S. The van der Waals surface area contributed by atoms with Crippen LogP contribution in [0.15, 0.2) is 28.8 Å². The number of aromatic hydroxyl groups is 1. The second-order valence-electron chi connectivity index (χ2n) is 4.58. The molecule has 0 amide bonds.